The summed E-state index contributed by atoms with van der Waals surface area (Å²) >= 11 is 1.89. The Morgan fingerprint density at radius 3 is 3.10 bits per heavy atom. The third-order valence-corrected chi connectivity index (χ3v) is 5.07. The molecule has 4 nitrogen and oxygen atoms in total. The molecule has 5 heteroatoms. The number of aromatic nitrogens is 2. The van der Waals surface area contributed by atoms with Crippen LogP contribution in [0.3, 0.4) is 0 Å². The Bertz CT molecular complexity index is 560. The molecule has 0 radical (unpaired) electrons. The van der Waals surface area contributed by atoms with Gasteiger partial charge >= 0.3 is 0 Å². The van der Waals surface area contributed by atoms with Gasteiger partial charge in [-0.1, -0.05) is 0 Å². The van der Waals surface area contributed by atoms with E-state index < -0.39 is 0 Å². The van der Waals surface area contributed by atoms with Crippen LogP contribution in [-0.2, 0) is 13.6 Å². The highest BCUT2D eigenvalue weighted by Gasteiger charge is 2.24. The lowest BCUT2D eigenvalue weighted by atomic mass is 10.2. The minimum atomic E-state index is 0.698. The molecule has 0 aliphatic carbocycles. The molecule has 1 atom stereocenters. The van der Waals surface area contributed by atoms with Crippen molar-refractivity contribution in [3.8, 4) is 10.4 Å². The van der Waals surface area contributed by atoms with Crippen molar-refractivity contribution in [2.24, 2.45) is 7.05 Å². The van der Waals surface area contributed by atoms with Crippen LogP contribution in [-0.4, -0.2) is 40.9 Å². The van der Waals surface area contributed by atoms with Crippen molar-refractivity contribution in [1.29, 1.82) is 0 Å². The van der Waals surface area contributed by atoms with Gasteiger partial charge in [0.05, 0.1) is 6.20 Å². The summed E-state index contributed by atoms with van der Waals surface area (Å²) in [7, 11) is 4.01. The maximum absolute atomic E-state index is 4.25. The molecule has 1 saturated heterocycles. The van der Waals surface area contributed by atoms with Gasteiger partial charge < -0.3 is 5.32 Å². The van der Waals surface area contributed by atoms with Gasteiger partial charge in [0.1, 0.15) is 0 Å². The zero-order valence-corrected chi connectivity index (χ0v) is 13.0. The van der Waals surface area contributed by atoms with Crippen LogP contribution in [0, 0.1) is 0 Å². The number of likely N-dealkylation sites (tertiary alicyclic amines) is 1. The van der Waals surface area contributed by atoms with Gasteiger partial charge in [0.15, 0.2) is 0 Å². The number of nitrogens with zero attached hydrogens (tertiary/aromatic N) is 3. The number of rotatable bonds is 5. The predicted octanol–water partition coefficient (Wildman–Crippen LogP) is 2.33. The van der Waals surface area contributed by atoms with Crippen LogP contribution in [0.2, 0.25) is 0 Å². The summed E-state index contributed by atoms with van der Waals surface area (Å²) in [5.74, 6) is 0. The number of thiophene rings is 1. The van der Waals surface area contributed by atoms with E-state index >= 15 is 0 Å². The van der Waals surface area contributed by atoms with Gasteiger partial charge in [-0.05, 0) is 38.6 Å². The first-order valence-electron chi connectivity index (χ1n) is 7.22. The third-order valence-electron chi connectivity index (χ3n) is 3.95. The zero-order chi connectivity index (χ0) is 13.9. The van der Waals surface area contributed by atoms with E-state index in [4.69, 9.17) is 0 Å². The minimum Gasteiger partial charge on any atom is -0.318 e. The Morgan fingerprint density at radius 2 is 2.35 bits per heavy atom. The average Bonchev–Trinajstić information content (AvgIpc) is 3.13. The average molecular weight is 290 g/mol. The van der Waals surface area contributed by atoms with Crippen LogP contribution in [0.15, 0.2) is 24.5 Å². The zero-order valence-electron chi connectivity index (χ0n) is 12.2. The highest BCUT2D eigenvalue weighted by molar-refractivity contribution is 7.15. The fourth-order valence-corrected chi connectivity index (χ4v) is 3.95. The molecule has 2 aromatic heterocycles. The van der Waals surface area contributed by atoms with E-state index in [1.807, 2.05) is 36.3 Å². The van der Waals surface area contributed by atoms with Gasteiger partial charge in [-0.3, -0.25) is 9.58 Å². The van der Waals surface area contributed by atoms with Crippen molar-refractivity contribution < 1.29 is 0 Å². The first-order chi connectivity index (χ1) is 9.76. The maximum atomic E-state index is 4.25. The van der Waals surface area contributed by atoms with Gasteiger partial charge in [-0.15, -0.1) is 11.3 Å². The lowest BCUT2D eigenvalue weighted by Crippen LogP contribution is -2.36. The monoisotopic (exact) mass is 290 g/mol. The van der Waals surface area contributed by atoms with Gasteiger partial charge in [-0.2, -0.15) is 5.10 Å². The summed E-state index contributed by atoms with van der Waals surface area (Å²) in [6, 6.07) is 5.19. The summed E-state index contributed by atoms with van der Waals surface area (Å²) in [5.41, 5.74) is 1.22. The second-order valence-corrected chi connectivity index (χ2v) is 6.66. The normalized spacial score (nSPS) is 19.8. The number of likely N-dealkylation sites (N-methyl/N-ethyl adjacent to an activating group) is 1. The highest BCUT2D eigenvalue weighted by Crippen LogP contribution is 2.30. The third kappa shape index (κ3) is 2.95. The summed E-state index contributed by atoms with van der Waals surface area (Å²) in [6.07, 6.45) is 6.67. The van der Waals surface area contributed by atoms with E-state index in [2.05, 4.69) is 33.6 Å². The Kier molecular flexibility index (Phi) is 4.19. The van der Waals surface area contributed by atoms with E-state index in [0.717, 1.165) is 13.1 Å². The van der Waals surface area contributed by atoms with Crippen molar-refractivity contribution in [2.45, 2.75) is 25.4 Å². The minimum absolute atomic E-state index is 0.698. The molecule has 0 aromatic carbocycles. The molecule has 1 N–H and O–H groups in total. The fraction of sp³-hybridized carbons (Fsp3) is 0.533. The maximum Gasteiger partial charge on any atom is 0.0576 e. The number of hydrogen-bond donors (Lipinski definition) is 1. The lowest BCUT2D eigenvalue weighted by Gasteiger charge is -2.23. The van der Waals surface area contributed by atoms with Crippen molar-refractivity contribution in [3.63, 3.8) is 0 Å². The van der Waals surface area contributed by atoms with Crippen molar-refractivity contribution in [2.75, 3.05) is 20.1 Å². The molecule has 3 heterocycles. The second-order valence-electron chi connectivity index (χ2n) is 5.49. The molecule has 20 heavy (non-hydrogen) atoms. The summed E-state index contributed by atoms with van der Waals surface area (Å²) in [5, 5.41) is 7.56. The SMILES string of the molecule is CNCC1CCCN1Cc1ccc(-c2cnn(C)c2)s1. The molecular weight excluding hydrogens is 268 g/mol. The number of aryl methyl sites for hydroxylation is 1. The highest BCUT2D eigenvalue weighted by atomic mass is 32.1. The smallest absolute Gasteiger partial charge is 0.0576 e. The van der Waals surface area contributed by atoms with Crippen LogP contribution >= 0.6 is 11.3 Å². The van der Waals surface area contributed by atoms with E-state index in [1.54, 1.807) is 0 Å². The molecule has 108 valence electrons. The van der Waals surface area contributed by atoms with Gasteiger partial charge in [0, 0.05) is 47.7 Å². The van der Waals surface area contributed by atoms with Crippen LogP contribution in [0.4, 0.5) is 0 Å². The summed E-state index contributed by atoms with van der Waals surface area (Å²) in [4.78, 5) is 5.37. The Morgan fingerprint density at radius 1 is 1.45 bits per heavy atom. The molecule has 3 rings (SSSR count). The molecule has 2 aromatic rings. The van der Waals surface area contributed by atoms with Crippen molar-refractivity contribution in [3.05, 3.63) is 29.4 Å². The number of hydrogen-bond acceptors (Lipinski definition) is 4. The number of nitrogens with one attached hydrogen (secondary N) is 1. The first-order valence-corrected chi connectivity index (χ1v) is 8.04. The van der Waals surface area contributed by atoms with Gasteiger partial charge in [0.2, 0.25) is 0 Å². The van der Waals surface area contributed by atoms with Crippen molar-refractivity contribution in [1.82, 2.24) is 20.0 Å². The molecule has 0 amide bonds. The molecule has 1 unspecified atom stereocenters. The van der Waals surface area contributed by atoms with E-state index in [0.29, 0.717) is 6.04 Å². The largest absolute Gasteiger partial charge is 0.318 e. The van der Waals surface area contributed by atoms with E-state index in [1.165, 1.54) is 34.7 Å². The second kappa shape index (κ2) is 6.08. The first kappa shape index (κ1) is 13.8. The van der Waals surface area contributed by atoms with Crippen LogP contribution in [0.5, 0.6) is 0 Å². The van der Waals surface area contributed by atoms with Crippen molar-refractivity contribution >= 4 is 11.3 Å². The molecule has 1 fully saturated rings. The molecular formula is C15H22N4S. The summed E-state index contributed by atoms with van der Waals surface area (Å²) < 4.78 is 1.86. The Balaban J connectivity index is 1.68. The van der Waals surface area contributed by atoms with Crippen LogP contribution < -0.4 is 5.32 Å². The lowest BCUT2D eigenvalue weighted by molar-refractivity contribution is 0.244. The fourth-order valence-electron chi connectivity index (χ4n) is 2.94. The summed E-state index contributed by atoms with van der Waals surface area (Å²) in [6.45, 7) is 3.41. The molecule has 0 bridgehead atoms. The molecule has 1 aliphatic heterocycles. The quantitative estimate of drug-likeness (QED) is 0.917. The van der Waals surface area contributed by atoms with Gasteiger partial charge in [0.25, 0.3) is 0 Å². The van der Waals surface area contributed by atoms with E-state index in [-0.39, 0.29) is 0 Å². The van der Waals surface area contributed by atoms with Gasteiger partial charge in [-0.25, -0.2) is 0 Å². The molecule has 0 spiro atoms. The Labute approximate surface area is 124 Å². The van der Waals surface area contributed by atoms with E-state index in [9.17, 15) is 0 Å². The van der Waals surface area contributed by atoms with Crippen LogP contribution in [0.25, 0.3) is 10.4 Å². The topological polar surface area (TPSA) is 33.1 Å². The molecule has 0 saturated carbocycles. The molecule has 1 aliphatic rings. The predicted molar refractivity (Wildman–Crippen MR) is 83.9 cm³/mol. The Hall–Kier alpha value is -1.17. The standard InChI is InChI=1S/C15H22N4S/c1-16-9-13-4-3-7-19(13)11-14-5-6-15(20-14)12-8-17-18(2)10-12/h5-6,8,10,13,16H,3-4,7,9,11H2,1-2H3. The van der Waals surface area contributed by atoms with Crippen LogP contribution in [0.1, 0.15) is 17.7 Å².